The van der Waals surface area contributed by atoms with Crippen molar-refractivity contribution in [2.45, 2.75) is 18.9 Å². The number of nitrogen functional groups attached to an aromatic ring is 2. The van der Waals surface area contributed by atoms with Crippen LogP contribution in [-0.2, 0) is 0 Å². The quantitative estimate of drug-likeness (QED) is 0.595. The maximum absolute atomic E-state index is 6.03. The highest BCUT2D eigenvalue weighted by atomic mass is 14.7. The Kier molecular flexibility index (Phi) is 1.88. The Morgan fingerprint density at radius 3 is 2.54 bits per heavy atom. The van der Waals surface area contributed by atoms with Crippen LogP contribution < -0.4 is 17.2 Å². The van der Waals surface area contributed by atoms with Gasteiger partial charge in [-0.2, -0.15) is 0 Å². The molecule has 0 saturated heterocycles. The van der Waals surface area contributed by atoms with Gasteiger partial charge >= 0.3 is 0 Å². The predicted octanol–water partition coefficient (Wildman–Crippen LogP) is 1.26. The van der Waals surface area contributed by atoms with Gasteiger partial charge in [0.1, 0.15) is 0 Å². The van der Waals surface area contributed by atoms with Crippen molar-refractivity contribution in [1.82, 2.24) is 0 Å². The van der Waals surface area contributed by atoms with Gasteiger partial charge in [-0.15, -0.1) is 0 Å². The lowest BCUT2D eigenvalue weighted by Gasteiger charge is -2.14. The van der Waals surface area contributed by atoms with E-state index < -0.39 is 0 Å². The molecule has 70 valence electrons. The highest BCUT2D eigenvalue weighted by molar-refractivity contribution is 5.68. The largest absolute Gasteiger partial charge is 0.397 e. The number of para-hydroxylation sites is 1. The second kappa shape index (κ2) is 2.92. The summed E-state index contributed by atoms with van der Waals surface area (Å²) in [4.78, 5) is 0. The molecule has 1 aromatic rings. The van der Waals surface area contributed by atoms with Crippen LogP contribution in [0.25, 0.3) is 0 Å². The van der Waals surface area contributed by atoms with E-state index >= 15 is 0 Å². The van der Waals surface area contributed by atoms with Crippen molar-refractivity contribution in [2.24, 2.45) is 11.7 Å². The Labute approximate surface area is 77.9 Å². The molecule has 1 aliphatic carbocycles. The summed E-state index contributed by atoms with van der Waals surface area (Å²) in [6.07, 6.45) is 2.44. The van der Waals surface area contributed by atoms with Gasteiger partial charge in [-0.25, -0.2) is 0 Å². The topological polar surface area (TPSA) is 78.1 Å². The van der Waals surface area contributed by atoms with Crippen LogP contribution in [0.1, 0.15) is 24.4 Å². The smallest absolute Gasteiger partial charge is 0.0596 e. The summed E-state index contributed by atoms with van der Waals surface area (Å²) in [6.45, 7) is 0. The highest BCUT2D eigenvalue weighted by Crippen LogP contribution is 2.41. The summed E-state index contributed by atoms with van der Waals surface area (Å²) in [5, 5.41) is 0. The maximum Gasteiger partial charge on any atom is 0.0596 e. The minimum absolute atomic E-state index is 0.0727. The lowest BCUT2D eigenvalue weighted by molar-refractivity contribution is 0.635. The first-order valence-electron chi connectivity index (χ1n) is 4.59. The third-order valence-corrected chi connectivity index (χ3v) is 2.66. The molecule has 0 spiro atoms. The lowest BCUT2D eigenvalue weighted by Crippen LogP contribution is -2.15. The van der Waals surface area contributed by atoms with Crippen molar-refractivity contribution in [3.8, 4) is 0 Å². The van der Waals surface area contributed by atoms with E-state index in [0.29, 0.717) is 17.3 Å². The predicted molar refractivity (Wildman–Crippen MR) is 54.9 cm³/mol. The second-order valence-electron chi connectivity index (χ2n) is 3.71. The third kappa shape index (κ3) is 1.47. The van der Waals surface area contributed by atoms with Crippen molar-refractivity contribution in [2.75, 3.05) is 11.5 Å². The van der Waals surface area contributed by atoms with Crippen molar-refractivity contribution in [3.63, 3.8) is 0 Å². The van der Waals surface area contributed by atoms with E-state index in [4.69, 9.17) is 17.2 Å². The molecule has 3 nitrogen and oxygen atoms in total. The van der Waals surface area contributed by atoms with Crippen LogP contribution in [-0.4, -0.2) is 0 Å². The first-order chi connectivity index (χ1) is 6.20. The molecule has 3 heteroatoms. The Morgan fingerprint density at radius 2 is 1.92 bits per heavy atom. The number of hydrogen-bond acceptors (Lipinski definition) is 3. The standard InChI is InChI=1S/C10H15N3/c11-8-3-1-2-7(10(8)13)9(12)6-4-5-6/h1-3,6,9H,4-5,11-13H2. The zero-order valence-electron chi connectivity index (χ0n) is 7.53. The van der Waals surface area contributed by atoms with Crippen molar-refractivity contribution in [1.29, 1.82) is 0 Å². The van der Waals surface area contributed by atoms with E-state index in [1.807, 2.05) is 12.1 Å². The average Bonchev–Trinajstić information content (AvgIpc) is 2.91. The molecule has 0 bridgehead atoms. The van der Waals surface area contributed by atoms with Gasteiger partial charge in [-0.3, -0.25) is 0 Å². The van der Waals surface area contributed by atoms with Crippen LogP contribution in [0.3, 0.4) is 0 Å². The monoisotopic (exact) mass is 177 g/mol. The van der Waals surface area contributed by atoms with E-state index in [9.17, 15) is 0 Å². The van der Waals surface area contributed by atoms with Crippen molar-refractivity contribution < 1.29 is 0 Å². The number of nitrogens with two attached hydrogens (primary N) is 3. The third-order valence-electron chi connectivity index (χ3n) is 2.66. The van der Waals surface area contributed by atoms with Crippen molar-refractivity contribution in [3.05, 3.63) is 23.8 Å². The maximum atomic E-state index is 6.03. The van der Waals surface area contributed by atoms with E-state index in [1.54, 1.807) is 6.07 Å². The Morgan fingerprint density at radius 1 is 1.23 bits per heavy atom. The Hall–Kier alpha value is -1.22. The molecule has 1 saturated carbocycles. The van der Waals surface area contributed by atoms with Gasteiger partial charge < -0.3 is 17.2 Å². The fourth-order valence-corrected chi connectivity index (χ4v) is 1.60. The van der Waals surface area contributed by atoms with Crippen LogP contribution in [0.2, 0.25) is 0 Å². The molecule has 0 aliphatic heterocycles. The summed E-state index contributed by atoms with van der Waals surface area (Å²) in [7, 11) is 0. The van der Waals surface area contributed by atoms with E-state index in [-0.39, 0.29) is 6.04 Å². The van der Waals surface area contributed by atoms with Gasteiger partial charge in [-0.1, -0.05) is 12.1 Å². The van der Waals surface area contributed by atoms with Crippen LogP contribution >= 0.6 is 0 Å². The second-order valence-corrected chi connectivity index (χ2v) is 3.71. The zero-order chi connectivity index (χ0) is 9.42. The first kappa shape index (κ1) is 8.38. The molecular formula is C10H15N3. The van der Waals surface area contributed by atoms with Crippen LogP contribution in [0.5, 0.6) is 0 Å². The average molecular weight is 177 g/mol. The molecule has 13 heavy (non-hydrogen) atoms. The number of benzene rings is 1. The molecule has 0 amide bonds. The molecule has 1 atom stereocenters. The van der Waals surface area contributed by atoms with Crippen LogP contribution in [0, 0.1) is 5.92 Å². The summed E-state index contributed by atoms with van der Waals surface area (Å²) in [5.74, 6) is 0.615. The molecule has 6 N–H and O–H groups in total. The number of anilines is 2. The SMILES string of the molecule is Nc1cccc(C(N)C2CC2)c1N. The molecule has 0 aromatic heterocycles. The molecule has 0 heterocycles. The van der Waals surface area contributed by atoms with E-state index in [0.717, 1.165) is 5.56 Å². The van der Waals surface area contributed by atoms with E-state index in [2.05, 4.69) is 0 Å². The molecule has 1 fully saturated rings. The summed E-state index contributed by atoms with van der Waals surface area (Å²) in [5.41, 5.74) is 19.9. The van der Waals surface area contributed by atoms with Gasteiger partial charge in [-0.05, 0) is 30.4 Å². The number of rotatable bonds is 2. The van der Waals surface area contributed by atoms with Crippen molar-refractivity contribution >= 4 is 11.4 Å². The molecule has 1 aromatic carbocycles. The Balaban J connectivity index is 2.32. The van der Waals surface area contributed by atoms with Gasteiger partial charge in [0, 0.05) is 6.04 Å². The number of hydrogen-bond donors (Lipinski definition) is 3. The fourth-order valence-electron chi connectivity index (χ4n) is 1.60. The van der Waals surface area contributed by atoms with Gasteiger partial charge in [0.2, 0.25) is 0 Å². The molecular weight excluding hydrogens is 162 g/mol. The first-order valence-corrected chi connectivity index (χ1v) is 4.59. The molecule has 1 unspecified atom stereocenters. The summed E-state index contributed by atoms with van der Waals surface area (Å²) < 4.78 is 0. The highest BCUT2D eigenvalue weighted by Gasteiger charge is 2.30. The van der Waals surface area contributed by atoms with E-state index in [1.165, 1.54) is 12.8 Å². The van der Waals surface area contributed by atoms with Gasteiger partial charge in [0.25, 0.3) is 0 Å². The van der Waals surface area contributed by atoms with Gasteiger partial charge in [0.15, 0.2) is 0 Å². The van der Waals surface area contributed by atoms with Crippen LogP contribution in [0.15, 0.2) is 18.2 Å². The van der Waals surface area contributed by atoms with Crippen LogP contribution in [0.4, 0.5) is 11.4 Å². The van der Waals surface area contributed by atoms with Gasteiger partial charge in [0.05, 0.1) is 11.4 Å². The minimum Gasteiger partial charge on any atom is -0.397 e. The normalized spacial score (nSPS) is 18.5. The molecule has 2 rings (SSSR count). The lowest BCUT2D eigenvalue weighted by atomic mass is 10.0. The molecule has 0 radical (unpaired) electrons. The minimum atomic E-state index is 0.0727. The molecule has 1 aliphatic rings. The Bertz CT molecular complexity index is 318. The zero-order valence-corrected chi connectivity index (χ0v) is 7.53. The summed E-state index contributed by atoms with van der Waals surface area (Å²) >= 11 is 0. The fraction of sp³-hybridized carbons (Fsp3) is 0.400. The summed E-state index contributed by atoms with van der Waals surface area (Å²) in [6, 6.07) is 5.75.